The zero-order valence-electron chi connectivity index (χ0n) is 11.9. The predicted molar refractivity (Wildman–Crippen MR) is 71.3 cm³/mol. The first-order valence-corrected chi connectivity index (χ1v) is 6.45. The predicted octanol–water partition coefficient (Wildman–Crippen LogP) is 2.32. The van der Waals surface area contributed by atoms with E-state index in [1.165, 1.54) is 0 Å². The molecular formula is C13H20N4O2. The van der Waals surface area contributed by atoms with Crippen LogP contribution in [0.2, 0.25) is 0 Å². The van der Waals surface area contributed by atoms with Gasteiger partial charge in [0.1, 0.15) is 12.0 Å². The van der Waals surface area contributed by atoms with Crippen LogP contribution in [-0.4, -0.2) is 21.3 Å². The van der Waals surface area contributed by atoms with Crippen LogP contribution in [0.4, 0.5) is 0 Å². The van der Waals surface area contributed by atoms with Crippen molar-refractivity contribution >= 4 is 0 Å². The molecule has 2 aromatic rings. The van der Waals surface area contributed by atoms with Crippen molar-refractivity contribution in [3.05, 3.63) is 23.3 Å². The summed E-state index contributed by atoms with van der Waals surface area (Å²) in [6.07, 6.45) is 2.96. The maximum atomic E-state index is 5.66. The molecule has 6 heteroatoms. The fraction of sp³-hybridized carbons (Fsp3) is 0.538. The molecule has 0 radical (unpaired) electrons. The lowest BCUT2D eigenvalue weighted by molar-refractivity contribution is 0.327. The second kappa shape index (κ2) is 5.88. The smallest absolute Gasteiger partial charge is 0.399 e. The minimum atomic E-state index is 0.257. The number of oxazole rings is 1. The Balaban J connectivity index is 2.03. The van der Waals surface area contributed by atoms with Crippen molar-refractivity contribution in [2.24, 2.45) is 7.05 Å². The summed E-state index contributed by atoms with van der Waals surface area (Å²) in [7, 11) is 1.88. The van der Waals surface area contributed by atoms with E-state index in [0.29, 0.717) is 12.3 Å². The molecule has 0 atom stereocenters. The highest BCUT2D eigenvalue weighted by Crippen LogP contribution is 2.27. The second-order valence-corrected chi connectivity index (χ2v) is 4.51. The quantitative estimate of drug-likeness (QED) is 0.811. The standard InChI is InChI=1S/C13H20N4O2/c1-5-6-14-7-11-8-18-13(15-11)19-12-9(2)16-17(4)10(12)3/h8,14H,5-7H2,1-4H3. The van der Waals surface area contributed by atoms with Gasteiger partial charge in [-0.25, -0.2) is 0 Å². The molecule has 104 valence electrons. The van der Waals surface area contributed by atoms with E-state index in [-0.39, 0.29) is 6.08 Å². The number of aryl methyl sites for hydroxylation is 2. The van der Waals surface area contributed by atoms with E-state index in [1.54, 1.807) is 10.9 Å². The Kier molecular flexibility index (Phi) is 4.21. The lowest BCUT2D eigenvalue weighted by atomic mass is 10.3. The number of rotatable bonds is 6. The highest BCUT2D eigenvalue weighted by atomic mass is 16.6. The van der Waals surface area contributed by atoms with Gasteiger partial charge in [0.05, 0.1) is 11.4 Å². The molecule has 2 rings (SSSR count). The topological polar surface area (TPSA) is 65.1 Å². The van der Waals surface area contributed by atoms with Crippen molar-refractivity contribution in [2.45, 2.75) is 33.7 Å². The summed E-state index contributed by atoms with van der Waals surface area (Å²) in [5, 5.41) is 7.55. The number of hydrogen-bond donors (Lipinski definition) is 1. The zero-order chi connectivity index (χ0) is 13.8. The zero-order valence-corrected chi connectivity index (χ0v) is 11.9. The van der Waals surface area contributed by atoms with Crippen LogP contribution in [0.1, 0.15) is 30.4 Å². The van der Waals surface area contributed by atoms with Crippen LogP contribution in [0.15, 0.2) is 10.7 Å². The number of aromatic nitrogens is 3. The van der Waals surface area contributed by atoms with Gasteiger partial charge in [0.25, 0.3) is 0 Å². The molecule has 6 nitrogen and oxygen atoms in total. The molecule has 0 aliphatic heterocycles. The first kappa shape index (κ1) is 13.6. The molecule has 0 spiro atoms. The molecule has 0 fully saturated rings. The Bertz CT molecular complexity index is 545. The minimum Gasteiger partial charge on any atom is -0.417 e. The summed E-state index contributed by atoms with van der Waals surface area (Å²) in [4.78, 5) is 4.28. The molecule has 0 aliphatic carbocycles. The molecule has 19 heavy (non-hydrogen) atoms. The average molecular weight is 264 g/mol. The largest absolute Gasteiger partial charge is 0.417 e. The van der Waals surface area contributed by atoms with Gasteiger partial charge in [0, 0.05) is 13.6 Å². The third kappa shape index (κ3) is 3.14. The summed E-state index contributed by atoms with van der Waals surface area (Å²) in [6, 6.07) is 0. The molecule has 2 aromatic heterocycles. The van der Waals surface area contributed by atoms with E-state index in [4.69, 9.17) is 9.15 Å². The summed E-state index contributed by atoms with van der Waals surface area (Å²) in [6.45, 7) is 7.62. The van der Waals surface area contributed by atoms with Gasteiger partial charge >= 0.3 is 6.08 Å². The van der Waals surface area contributed by atoms with E-state index in [2.05, 4.69) is 22.3 Å². The van der Waals surface area contributed by atoms with Gasteiger partial charge in [-0.2, -0.15) is 10.1 Å². The molecule has 0 aliphatic rings. The van der Waals surface area contributed by atoms with Crippen LogP contribution in [-0.2, 0) is 13.6 Å². The Morgan fingerprint density at radius 1 is 1.42 bits per heavy atom. The van der Waals surface area contributed by atoms with Gasteiger partial charge in [-0.15, -0.1) is 0 Å². The van der Waals surface area contributed by atoms with Gasteiger partial charge in [0.15, 0.2) is 5.75 Å². The summed E-state index contributed by atoms with van der Waals surface area (Å²) >= 11 is 0. The van der Waals surface area contributed by atoms with Crippen molar-refractivity contribution in [1.29, 1.82) is 0 Å². The van der Waals surface area contributed by atoms with Crippen LogP contribution in [0.3, 0.4) is 0 Å². The Morgan fingerprint density at radius 2 is 2.21 bits per heavy atom. The van der Waals surface area contributed by atoms with Crippen LogP contribution in [0, 0.1) is 13.8 Å². The van der Waals surface area contributed by atoms with Crippen molar-refractivity contribution in [3.63, 3.8) is 0 Å². The van der Waals surface area contributed by atoms with E-state index in [1.807, 2.05) is 20.9 Å². The van der Waals surface area contributed by atoms with Gasteiger partial charge in [-0.1, -0.05) is 6.92 Å². The van der Waals surface area contributed by atoms with Gasteiger partial charge in [-0.05, 0) is 26.8 Å². The fourth-order valence-corrected chi connectivity index (χ4v) is 1.80. The minimum absolute atomic E-state index is 0.257. The fourth-order valence-electron chi connectivity index (χ4n) is 1.80. The summed E-state index contributed by atoms with van der Waals surface area (Å²) in [5.74, 6) is 0.706. The van der Waals surface area contributed by atoms with Crippen LogP contribution >= 0.6 is 0 Å². The first-order valence-electron chi connectivity index (χ1n) is 6.45. The van der Waals surface area contributed by atoms with Gasteiger partial charge < -0.3 is 14.5 Å². The number of nitrogens with one attached hydrogen (secondary N) is 1. The Hall–Kier alpha value is -1.82. The Labute approximate surface area is 112 Å². The van der Waals surface area contributed by atoms with Crippen molar-refractivity contribution in [3.8, 4) is 11.8 Å². The molecule has 1 N–H and O–H groups in total. The maximum absolute atomic E-state index is 5.66. The number of nitrogens with zero attached hydrogens (tertiary/aromatic N) is 3. The molecule has 0 bridgehead atoms. The van der Waals surface area contributed by atoms with Crippen LogP contribution in [0.5, 0.6) is 11.8 Å². The molecule has 2 heterocycles. The summed E-state index contributed by atoms with van der Waals surface area (Å²) in [5.41, 5.74) is 2.60. The second-order valence-electron chi connectivity index (χ2n) is 4.51. The van der Waals surface area contributed by atoms with Gasteiger partial charge in [0.2, 0.25) is 0 Å². The molecule has 0 saturated heterocycles. The third-order valence-electron chi connectivity index (χ3n) is 2.90. The van der Waals surface area contributed by atoms with Crippen molar-refractivity contribution < 1.29 is 9.15 Å². The average Bonchev–Trinajstić information content (AvgIpc) is 2.91. The first-order chi connectivity index (χ1) is 9.11. The van der Waals surface area contributed by atoms with Crippen LogP contribution < -0.4 is 10.1 Å². The lowest BCUT2D eigenvalue weighted by Gasteiger charge is -2.00. The van der Waals surface area contributed by atoms with Gasteiger partial charge in [-0.3, -0.25) is 4.68 Å². The number of ether oxygens (including phenoxy) is 1. The van der Waals surface area contributed by atoms with Crippen molar-refractivity contribution in [1.82, 2.24) is 20.1 Å². The highest BCUT2D eigenvalue weighted by Gasteiger charge is 2.14. The monoisotopic (exact) mass is 264 g/mol. The maximum Gasteiger partial charge on any atom is 0.399 e. The Morgan fingerprint density at radius 3 is 2.84 bits per heavy atom. The molecule has 0 unspecified atom stereocenters. The third-order valence-corrected chi connectivity index (χ3v) is 2.90. The van der Waals surface area contributed by atoms with E-state index < -0.39 is 0 Å². The van der Waals surface area contributed by atoms with E-state index in [0.717, 1.165) is 30.0 Å². The van der Waals surface area contributed by atoms with E-state index >= 15 is 0 Å². The molecule has 0 saturated carbocycles. The summed E-state index contributed by atoms with van der Waals surface area (Å²) < 4.78 is 12.7. The molecular weight excluding hydrogens is 244 g/mol. The van der Waals surface area contributed by atoms with E-state index in [9.17, 15) is 0 Å². The SMILES string of the molecule is CCCNCc1coc(Oc2c(C)nn(C)c2C)n1. The van der Waals surface area contributed by atoms with Crippen LogP contribution in [0.25, 0.3) is 0 Å². The normalized spacial score (nSPS) is 10.9. The highest BCUT2D eigenvalue weighted by molar-refractivity contribution is 5.33. The molecule has 0 amide bonds. The lowest BCUT2D eigenvalue weighted by Crippen LogP contribution is -2.13. The molecule has 0 aromatic carbocycles. The van der Waals surface area contributed by atoms with Crippen molar-refractivity contribution in [2.75, 3.05) is 6.54 Å². The number of hydrogen-bond acceptors (Lipinski definition) is 5.